The maximum Gasteiger partial charge on any atom is 0.335 e. The lowest BCUT2D eigenvalue weighted by atomic mass is 10.00. The van der Waals surface area contributed by atoms with Crippen molar-refractivity contribution >= 4 is 64.0 Å². The molecule has 3 aromatic rings. The number of nitrogens with zero attached hydrogens (tertiary/aromatic N) is 2. The number of fused-ring (bicyclic) bond motifs is 2. The van der Waals surface area contributed by atoms with Crippen LogP contribution >= 0.6 is 12.4 Å². The Hall–Kier alpha value is -4.48. The largest absolute Gasteiger partial charge is 0.496 e. The zero-order chi connectivity index (χ0) is 31.3. The molecule has 4 rings (SSSR count). The maximum atomic E-state index is 14.3. The molecule has 0 aromatic heterocycles. The number of anilines is 2. The molecule has 1 aliphatic heterocycles. The first kappa shape index (κ1) is 34.0. The number of aromatic carboxylic acids is 1. The highest BCUT2D eigenvalue weighted by atomic mass is 35.5. The average Bonchev–Trinajstić information content (AvgIpc) is 3.10. The Balaban J connectivity index is 0.00000529. The molecule has 3 N–H and O–H groups in total. The number of halogens is 1. The third-order valence-corrected chi connectivity index (χ3v) is 7.63. The lowest BCUT2D eigenvalue weighted by Gasteiger charge is -2.27. The topological polar surface area (TPSA) is 145 Å². The van der Waals surface area contributed by atoms with Crippen molar-refractivity contribution < 1.29 is 33.8 Å². The molecular formula is C32H37ClN4O7. The number of carboxylic acids is 1. The first-order chi connectivity index (χ1) is 20.5. The van der Waals surface area contributed by atoms with Crippen molar-refractivity contribution in [2.75, 3.05) is 30.5 Å². The summed E-state index contributed by atoms with van der Waals surface area (Å²) in [5.41, 5.74) is 1.72. The Morgan fingerprint density at radius 2 is 1.75 bits per heavy atom. The van der Waals surface area contributed by atoms with Crippen molar-refractivity contribution in [3.63, 3.8) is 0 Å². The molecule has 0 saturated heterocycles. The van der Waals surface area contributed by atoms with E-state index < -0.39 is 29.9 Å². The van der Waals surface area contributed by atoms with Crippen LogP contribution in [0.1, 0.15) is 49.0 Å². The molecule has 2 unspecified atom stereocenters. The second-order valence-electron chi connectivity index (χ2n) is 10.5. The van der Waals surface area contributed by atoms with Crippen LogP contribution in [0.3, 0.4) is 0 Å². The summed E-state index contributed by atoms with van der Waals surface area (Å²) in [5, 5.41) is 16.5. The summed E-state index contributed by atoms with van der Waals surface area (Å²) in [4.78, 5) is 66.9. The number of rotatable bonds is 11. The van der Waals surface area contributed by atoms with Crippen LogP contribution < -0.4 is 25.2 Å². The monoisotopic (exact) mass is 624 g/mol. The Morgan fingerprint density at radius 1 is 1.05 bits per heavy atom. The van der Waals surface area contributed by atoms with Crippen LogP contribution in [-0.4, -0.2) is 67.4 Å². The third-order valence-electron chi connectivity index (χ3n) is 7.63. The minimum atomic E-state index is -1.08. The quantitative estimate of drug-likeness (QED) is 0.293. The first-order valence-corrected chi connectivity index (χ1v) is 14.1. The SMILES string of the molecule is CNC(C)C(=O)NC1CN(C(=O)CCCC(C)=O)c2ccccc2N(Cc2c(OC)ccc3cc(C(=O)O)ccc23)C1=O.Cl. The van der Waals surface area contributed by atoms with Crippen LogP contribution in [0, 0.1) is 0 Å². The van der Waals surface area contributed by atoms with Gasteiger partial charge in [-0.3, -0.25) is 14.4 Å². The van der Waals surface area contributed by atoms with Crippen LogP contribution in [0.15, 0.2) is 54.6 Å². The fourth-order valence-corrected chi connectivity index (χ4v) is 5.16. The Morgan fingerprint density at radius 3 is 2.39 bits per heavy atom. The maximum absolute atomic E-state index is 14.3. The Bertz CT molecular complexity index is 1580. The normalized spacial score (nSPS) is 15.1. The number of methoxy groups -OCH3 is 1. The lowest BCUT2D eigenvalue weighted by Crippen LogP contribution is -2.55. The standard InChI is InChI=1S/C32H36N4O7.ClH/c1-19(37)8-7-11-29(38)35-18-25(34-30(39)20(2)33-3)31(40)36(27-10-6-5-9-26(27)35)17-24-23-14-12-22(32(41)42)16-21(23)13-15-28(24)43-4;/h5-6,9-10,12-16,20,25,33H,7-8,11,17-18H2,1-4H3,(H,34,39)(H,41,42);1H. The second-order valence-corrected chi connectivity index (χ2v) is 10.5. The molecule has 0 radical (unpaired) electrons. The van der Waals surface area contributed by atoms with Gasteiger partial charge in [0, 0.05) is 18.4 Å². The molecule has 234 valence electrons. The molecule has 44 heavy (non-hydrogen) atoms. The smallest absolute Gasteiger partial charge is 0.335 e. The number of hydrogen-bond acceptors (Lipinski definition) is 7. The molecule has 3 aromatic carbocycles. The minimum Gasteiger partial charge on any atom is -0.496 e. The zero-order valence-corrected chi connectivity index (χ0v) is 25.9. The molecule has 0 bridgehead atoms. The fraction of sp³-hybridized carbons (Fsp3) is 0.344. The molecule has 0 spiro atoms. The highest BCUT2D eigenvalue weighted by molar-refractivity contribution is 6.08. The van der Waals surface area contributed by atoms with Gasteiger partial charge in [-0.15, -0.1) is 12.4 Å². The van der Waals surface area contributed by atoms with Crippen molar-refractivity contribution in [1.82, 2.24) is 10.6 Å². The number of para-hydroxylation sites is 2. The van der Waals surface area contributed by atoms with Gasteiger partial charge in [0.15, 0.2) is 0 Å². The van der Waals surface area contributed by atoms with E-state index in [0.717, 1.165) is 0 Å². The number of likely N-dealkylation sites (N-methyl/N-ethyl adjacent to an activating group) is 1. The molecule has 2 atom stereocenters. The van der Waals surface area contributed by atoms with Gasteiger partial charge in [-0.05, 0) is 68.4 Å². The summed E-state index contributed by atoms with van der Waals surface area (Å²) in [6.07, 6.45) is 0.721. The predicted molar refractivity (Wildman–Crippen MR) is 170 cm³/mol. The van der Waals surface area contributed by atoms with Crippen LogP contribution in [0.2, 0.25) is 0 Å². The molecule has 0 saturated carbocycles. The van der Waals surface area contributed by atoms with E-state index in [4.69, 9.17) is 4.74 Å². The van der Waals surface area contributed by atoms with Gasteiger partial charge in [0.25, 0.3) is 5.91 Å². The highest BCUT2D eigenvalue weighted by Crippen LogP contribution is 2.37. The van der Waals surface area contributed by atoms with Gasteiger partial charge in [0.05, 0.1) is 43.2 Å². The van der Waals surface area contributed by atoms with Crippen LogP contribution in [0.4, 0.5) is 11.4 Å². The summed E-state index contributed by atoms with van der Waals surface area (Å²) >= 11 is 0. The number of hydrogen-bond donors (Lipinski definition) is 3. The van der Waals surface area contributed by atoms with Gasteiger partial charge >= 0.3 is 5.97 Å². The molecule has 12 heteroatoms. The Labute approximate surface area is 261 Å². The van der Waals surface area contributed by atoms with E-state index in [1.54, 1.807) is 62.5 Å². The van der Waals surface area contributed by atoms with Gasteiger partial charge in [-0.2, -0.15) is 0 Å². The van der Waals surface area contributed by atoms with Crippen molar-refractivity contribution in [1.29, 1.82) is 0 Å². The number of carbonyl (C=O) groups excluding carboxylic acids is 4. The van der Waals surface area contributed by atoms with E-state index in [1.165, 1.54) is 29.9 Å². The minimum absolute atomic E-state index is 0. The second kappa shape index (κ2) is 14.8. The van der Waals surface area contributed by atoms with Crippen LogP contribution in [-0.2, 0) is 25.7 Å². The van der Waals surface area contributed by atoms with Crippen molar-refractivity contribution in [2.45, 2.75) is 51.7 Å². The molecule has 1 aliphatic rings. The van der Waals surface area contributed by atoms with Crippen molar-refractivity contribution in [3.8, 4) is 5.75 Å². The van der Waals surface area contributed by atoms with Gasteiger partial charge in [0.2, 0.25) is 11.8 Å². The summed E-state index contributed by atoms with van der Waals surface area (Å²) in [5.74, 6) is -1.68. The molecule has 1 heterocycles. The number of ether oxygens (including phenoxy) is 1. The van der Waals surface area contributed by atoms with E-state index in [0.29, 0.717) is 39.9 Å². The zero-order valence-electron chi connectivity index (χ0n) is 25.1. The van der Waals surface area contributed by atoms with E-state index in [1.807, 2.05) is 0 Å². The molecule has 3 amide bonds. The summed E-state index contributed by atoms with van der Waals surface area (Å²) in [6, 6.07) is 13.6. The number of carbonyl (C=O) groups is 5. The average molecular weight is 625 g/mol. The predicted octanol–water partition coefficient (Wildman–Crippen LogP) is 3.70. The fourth-order valence-electron chi connectivity index (χ4n) is 5.16. The Kier molecular flexibility index (Phi) is 11.4. The summed E-state index contributed by atoms with van der Waals surface area (Å²) in [6.45, 7) is 3.06. The third kappa shape index (κ3) is 7.35. The first-order valence-electron chi connectivity index (χ1n) is 14.1. The highest BCUT2D eigenvalue weighted by Gasteiger charge is 2.37. The van der Waals surface area contributed by atoms with E-state index in [-0.39, 0.29) is 55.6 Å². The number of ketones is 1. The van der Waals surface area contributed by atoms with Gasteiger partial charge in [0.1, 0.15) is 17.6 Å². The molecule has 11 nitrogen and oxygen atoms in total. The number of benzene rings is 3. The molecule has 0 aliphatic carbocycles. The van der Waals surface area contributed by atoms with Crippen LogP contribution in [0.25, 0.3) is 10.8 Å². The van der Waals surface area contributed by atoms with Crippen molar-refractivity contribution in [2.24, 2.45) is 0 Å². The lowest BCUT2D eigenvalue weighted by molar-refractivity contribution is -0.128. The molecular weight excluding hydrogens is 588 g/mol. The van der Waals surface area contributed by atoms with E-state index in [9.17, 15) is 29.1 Å². The van der Waals surface area contributed by atoms with Crippen LogP contribution in [0.5, 0.6) is 5.75 Å². The van der Waals surface area contributed by atoms with E-state index in [2.05, 4.69) is 10.6 Å². The number of carboxylic acid groups (broad SMARTS) is 1. The van der Waals surface area contributed by atoms with Gasteiger partial charge < -0.3 is 35.1 Å². The number of nitrogens with one attached hydrogen (secondary N) is 2. The summed E-state index contributed by atoms with van der Waals surface area (Å²) in [7, 11) is 3.15. The van der Waals surface area contributed by atoms with Gasteiger partial charge in [-0.25, -0.2) is 4.79 Å². The number of amides is 3. The van der Waals surface area contributed by atoms with Gasteiger partial charge in [-0.1, -0.05) is 24.3 Å². The van der Waals surface area contributed by atoms with Crippen molar-refractivity contribution in [3.05, 3.63) is 65.7 Å². The molecule has 0 fully saturated rings. The van der Waals surface area contributed by atoms with E-state index >= 15 is 0 Å². The summed E-state index contributed by atoms with van der Waals surface area (Å²) < 4.78 is 5.66. The number of Topliss-reactive ketones (excluding diaryl/α,β-unsaturated/α-hetero) is 1.